The Morgan fingerprint density at radius 2 is 1.92 bits per heavy atom. The van der Waals surface area contributed by atoms with Crippen LogP contribution in [-0.2, 0) is 4.79 Å². The molecule has 6 nitrogen and oxygen atoms in total. The van der Waals surface area contributed by atoms with Gasteiger partial charge in [0, 0.05) is 36.0 Å². The third kappa shape index (κ3) is 2.76. The minimum absolute atomic E-state index is 0.0876. The Morgan fingerprint density at radius 1 is 1.19 bits per heavy atom. The molecule has 1 aliphatic carbocycles. The number of H-pyrrole nitrogens is 1. The van der Waals surface area contributed by atoms with Gasteiger partial charge >= 0.3 is 0 Å². The summed E-state index contributed by atoms with van der Waals surface area (Å²) in [6, 6.07) is 3.72. The van der Waals surface area contributed by atoms with E-state index in [0.29, 0.717) is 28.5 Å². The number of nitrogens with one attached hydrogen (secondary N) is 2. The number of hydrogen-bond acceptors (Lipinski definition) is 6. The average Bonchev–Trinajstić information content (AvgIpc) is 2.59. The van der Waals surface area contributed by atoms with Crippen molar-refractivity contribution >= 4 is 23.4 Å². The van der Waals surface area contributed by atoms with Crippen LogP contribution in [0.2, 0.25) is 0 Å². The van der Waals surface area contributed by atoms with E-state index in [1.807, 2.05) is 18.4 Å². The first-order valence-electron chi connectivity index (χ1n) is 8.51. The number of allylic oxidation sites excluding steroid dienone is 2. The highest BCUT2D eigenvalue weighted by atomic mass is 32.2. The van der Waals surface area contributed by atoms with Crippen LogP contribution in [0, 0.1) is 5.41 Å². The zero-order valence-corrected chi connectivity index (χ0v) is 15.7. The summed E-state index contributed by atoms with van der Waals surface area (Å²) in [5, 5.41) is 3.85. The molecule has 0 spiro atoms. The minimum Gasteiger partial charge on any atom is -0.343 e. The second-order valence-electron chi connectivity index (χ2n) is 7.51. The van der Waals surface area contributed by atoms with Crippen LogP contribution in [0.1, 0.15) is 43.7 Å². The van der Waals surface area contributed by atoms with Crippen LogP contribution < -0.4 is 10.9 Å². The van der Waals surface area contributed by atoms with Crippen LogP contribution in [0.4, 0.5) is 5.82 Å². The van der Waals surface area contributed by atoms with Crippen LogP contribution in [-0.4, -0.2) is 27.0 Å². The Morgan fingerprint density at radius 3 is 2.62 bits per heavy atom. The molecule has 134 valence electrons. The zero-order valence-electron chi connectivity index (χ0n) is 14.9. The highest BCUT2D eigenvalue weighted by Crippen LogP contribution is 2.47. The SMILES string of the molecule is CSc1nc2c(c(=O)[nH]1)[C@H](c1ccncc1)C1=C(CC(C)(C)CC1=O)N2. The maximum Gasteiger partial charge on any atom is 0.257 e. The number of ketones is 1. The zero-order chi connectivity index (χ0) is 18.5. The van der Waals surface area contributed by atoms with E-state index in [-0.39, 0.29) is 16.8 Å². The quantitative estimate of drug-likeness (QED) is 0.626. The van der Waals surface area contributed by atoms with Crippen LogP contribution in [0.25, 0.3) is 0 Å². The molecule has 0 unspecified atom stereocenters. The summed E-state index contributed by atoms with van der Waals surface area (Å²) in [5.41, 5.74) is 2.62. The average molecular weight is 368 g/mol. The Bertz CT molecular complexity index is 979. The van der Waals surface area contributed by atoms with Gasteiger partial charge in [-0.25, -0.2) is 4.98 Å². The van der Waals surface area contributed by atoms with E-state index in [1.165, 1.54) is 11.8 Å². The summed E-state index contributed by atoms with van der Waals surface area (Å²) in [6.07, 6.45) is 6.46. The molecule has 2 N–H and O–H groups in total. The molecule has 1 aliphatic heterocycles. The van der Waals surface area contributed by atoms with Crippen molar-refractivity contribution in [3.8, 4) is 0 Å². The lowest BCUT2D eigenvalue weighted by Gasteiger charge is -2.38. The van der Waals surface area contributed by atoms with E-state index in [1.54, 1.807) is 12.4 Å². The summed E-state index contributed by atoms with van der Waals surface area (Å²) in [5.74, 6) is 0.216. The van der Waals surface area contributed by atoms with Gasteiger partial charge in [-0.2, -0.15) is 0 Å². The monoisotopic (exact) mass is 368 g/mol. The second kappa shape index (κ2) is 6.09. The summed E-state index contributed by atoms with van der Waals surface area (Å²) in [6.45, 7) is 4.18. The number of carbonyl (C=O) groups excluding carboxylic acids is 1. The molecule has 0 radical (unpaired) electrons. The summed E-state index contributed by atoms with van der Waals surface area (Å²) in [4.78, 5) is 37.3. The number of pyridine rings is 1. The first-order chi connectivity index (χ1) is 12.4. The molecule has 7 heteroatoms. The van der Waals surface area contributed by atoms with Gasteiger partial charge in [0.25, 0.3) is 5.56 Å². The van der Waals surface area contributed by atoms with E-state index in [0.717, 1.165) is 17.7 Å². The lowest BCUT2D eigenvalue weighted by Crippen LogP contribution is -2.37. The Hall–Kier alpha value is -2.41. The van der Waals surface area contributed by atoms with E-state index in [9.17, 15) is 9.59 Å². The number of hydrogen-bond donors (Lipinski definition) is 2. The number of nitrogens with zero attached hydrogens (tertiary/aromatic N) is 2. The van der Waals surface area contributed by atoms with Crippen molar-refractivity contribution in [1.29, 1.82) is 0 Å². The van der Waals surface area contributed by atoms with Gasteiger partial charge in [-0.15, -0.1) is 0 Å². The Balaban J connectivity index is 1.98. The highest BCUT2D eigenvalue weighted by molar-refractivity contribution is 7.98. The highest BCUT2D eigenvalue weighted by Gasteiger charge is 2.42. The number of aromatic nitrogens is 3. The van der Waals surface area contributed by atoms with Crippen molar-refractivity contribution in [3.63, 3.8) is 0 Å². The first-order valence-corrected chi connectivity index (χ1v) is 9.73. The number of Topliss-reactive ketones (excluding diaryl/α,β-unsaturated/α-hetero) is 1. The Labute approximate surface area is 155 Å². The van der Waals surface area contributed by atoms with Gasteiger partial charge in [-0.1, -0.05) is 25.6 Å². The van der Waals surface area contributed by atoms with Gasteiger partial charge in [0.05, 0.1) is 5.56 Å². The van der Waals surface area contributed by atoms with E-state index in [2.05, 4.69) is 34.1 Å². The van der Waals surface area contributed by atoms with Crippen molar-refractivity contribution in [2.24, 2.45) is 5.41 Å². The predicted molar refractivity (Wildman–Crippen MR) is 101 cm³/mol. The van der Waals surface area contributed by atoms with Gasteiger partial charge in [0.1, 0.15) is 5.82 Å². The normalized spacial score (nSPS) is 21.0. The number of thioether (sulfide) groups is 1. The lowest BCUT2D eigenvalue weighted by atomic mass is 9.69. The molecule has 0 bridgehead atoms. The first kappa shape index (κ1) is 17.0. The van der Waals surface area contributed by atoms with E-state index in [4.69, 9.17) is 0 Å². The van der Waals surface area contributed by atoms with Crippen molar-refractivity contribution in [2.75, 3.05) is 11.6 Å². The van der Waals surface area contributed by atoms with Crippen molar-refractivity contribution in [3.05, 3.63) is 57.3 Å². The molecule has 0 aromatic carbocycles. The number of carbonyl (C=O) groups is 1. The molecular formula is C19H20N4O2S. The maximum atomic E-state index is 13.0. The molecule has 3 heterocycles. The van der Waals surface area contributed by atoms with Gasteiger partial charge in [-0.05, 0) is 35.8 Å². The van der Waals surface area contributed by atoms with Crippen LogP contribution in [0.3, 0.4) is 0 Å². The van der Waals surface area contributed by atoms with Gasteiger partial charge in [-0.3, -0.25) is 14.6 Å². The summed E-state index contributed by atoms with van der Waals surface area (Å²) >= 11 is 1.38. The predicted octanol–water partition coefficient (Wildman–Crippen LogP) is 3.09. The topological polar surface area (TPSA) is 87.7 Å². The second-order valence-corrected chi connectivity index (χ2v) is 8.30. The molecule has 1 atom stereocenters. The fourth-order valence-corrected chi connectivity index (χ4v) is 4.26. The van der Waals surface area contributed by atoms with Crippen LogP contribution >= 0.6 is 11.8 Å². The molecule has 2 aliphatic rings. The van der Waals surface area contributed by atoms with Crippen LogP contribution in [0.15, 0.2) is 45.7 Å². The van der Waals surface area contributed by atoms with Crippen molar-refractivity contribution in [1.82, 2.24) is 15.0 Å². The van der Waals surface area contributed by atoms with Crippen molar-refractivity contribution < 1.29 is 4.79 Å². The lowest BCUT2D eigenvalue weighted by molar-refractivity contribution is -0.118. The fraction of sp³-hybridized carbons (Fsp3) is 0.368. The van der Waals surface area contributed by atoms with Crippen molar-refractivity contribution in [2.45, 2.75) is 37.8 Å². The molecular weight excluding hydrogens is 348 g/mol. The third-order valence-corrected chi connectivity index (χ3v) is 5.51. The maximum absolute atomic E-state index is 13.0. The van der Waals surface area contributed by atoms with Gasteiger partial charge in [0.15, 0.2) is 10.9 Å². The number of aromatic amines is 1. The molecule has 26 heavy (non-hydrogen) atoms. The largest absolute Gasteiger partial charge is 0.343 e. The summed E-state index contributed by atoms with van der Waals surface area (Å²) in [7, 11) is 0. The fourth-order valence-electron chi connectivity index (χ4n) is 3.88. The third-order valence-electron chi connectivity index (χ3n) is 4.93. The molecule has 2 aromatic rings. The number of rotatable bonds is 2. The molecule has 4 rings (SSSR count). The number of anilines is 1. The molecule has 0 saturated heterocycles. The molecule has 0 fully saturated rings. The van der Waals surface area contributed by atoms with Gasteiger partial charge < -0.3 is 10.3 Å². The van der Waals surface area contributed by atoms with E-state index >= 15 is 0 Å². The minimum atomic E-state index is -0.417. The smallest absolute Gasteiger partial charge is 0.257 e. The standard InChI is InChI=1S/C19H20N4O2S/c1-19(2)8-11-14(12(24)9-19)13(10-4-6-20-7-5-10)15-16(21-11)22-18(26-3)23-17(15)25/h4-7,13H,8-9H2,1-3H3,(H2,21,22,23,25)/t13-/m1/s1. The molecule has 0 saturated carbocycles. The van der Waals surface area contributed by atoms with E-state index < -0.39 is 5.92 Å². The summed E-state index contributed by atoms with van der Waals surface area (Å²) < 4.78 is 0. The van der Waals surface area contributed by atoms with Gasteiger partial charge in [0.2, 0.25) is 0 Å². The number of fused-ring (bicyclic) bond motifs is 1. The Kier molecular flexibility index (Phi) is 3.99. The van der Waals surface area contributed by atoms with Crippen LogP contribution in [0.5, 0.6) is 0 Å². The molecule has 0 amide bonds. The molecule has 2 aromatic heterocycles.